The maximum absolute atomic E-state index is 12.9. The highest BCUT2D eigenvalue weighted by atomic mass is 35.5. The molecule has 0 aliphatic carbocycles. The summed E-state index contributed by atoms with van der Waals surface area (Å²) in [6, 6.07) is 8.64. The molecule has 0 aromatic heterocycles. The summed E-state index contributed by atoms with van der Waals surface area (Å²) in [7, 11) is 1.52. The van der Waals surface area contributed by atoms with Gasteiger partial charge in [0, 0.05) is 5.02 Å². The van der Waals surface area contributed by atoms with Crippen molar-refractivity contribution in [3.8, 4) is 11.5 Å². The predicted octanol–water partition coefficient (Wildman–Crippen LogP) is 4.03. The molecule has 3 rings (SSSR count). The Morgan fingerprint density at radius 1 is 1.10 bits per heavy atom. The molecule has 1 fully saturated rings. The number of hydrogen-bond donors (Lipinski definition) is 1. The van der Waals surface area contributed by atoms with Gasteiger partial charge in [0.25, 0.3) is 5.91 Å². The van der Waals surface area contributed by atoms with Crippen LogP contribution in [0.25, 0.3) is 0 Å². The first-order valence-corrected chi connectivity index (χ1v) is 9.43. The highest BCUT2D eigenvalue weighted by Crippen LogP contribution is 2.36. The first kappa shape index (κ1) is 21.2. The molecule has 1 atom stereocenters. The van der Waals surface area contributed by atoms with Crippen molar-refractivity contribution in [3.63, 3.8) is 0 Å². The lowest BCUT2D eigenvalue weighted by Crippen LogP contribution is -2.41. The van der Waals surface area contributed by atoms with E-state index in [4.69, 9.17) is 44.3 Å². The molecule has 0 radical (unpaired) electrons. The lowest BCUT2D eigenvalue weighted by Gasteiger charge is -2.22. The number of rotatable bonds is 5. The molecule has 2 aromatic carbocycles. The van der Waals surface area contributed by atoms with E-state index in [1.54, 1.807) is 31.2 Å². The van der Waals surface area contributed by atoms with Crippen molar-refractivity contribution in [2.75, 3.05) is 13.7 Å². The molecule has 1 heterocycles. The highest BCUT2D eigenvalue weighted by Gasteiger charge is 2.49. The summed E-state index contributed by atoms with van der Waals surface area (Å²) in [6.45, 7) is 0.930. The molecule has 1 N–H and O–H groups in total. The fourth-order valence-corrected chi connectivity index (χ4v) is 3.76. The minimum Gasteiger partial charge on any atom is -0.497 e. The van der Waals surface area contributed by atoms with Gasteiger partial charge in [0.1, 0.15) is 17.8 Å². The molecule has 0 saturated carbocycles. The fraction of sp³-hybridized carbons (Fsp3) is 0.211. The van der Waals surface area contributed by atoms with Gasteiger partial charge in [0.2, 0.25) is 0 Å². The Morgan fingerprint density at radius 2 is 1.69 bits per heavy atom. The number of methoxy groups -OCH3 is 1. The SMILES string of the molecule is COc1ccc(C2(C)NC(=O)N(CC(=O)Oc3c(Cl)cc(Cl)cc3Cl)C2=O)cc1. The van der Waals surface area contributed by atoms with Crippen molar-refractivity contribution in [1.29, 1.82) is 0 Å². The number of halogens is 3. The second-order valence-corrected chi connectivity index (χ2v) is 7.60. The van der Waals surface area contributed by atoms with Gasteiger partial charge in [-0.3, -0.25) is 9.69 Å². The first-order valence-electron chi connectivity index (χ1n) is 8.29. The third kappa shape index (κ3) is 4.12. The third-order valence-corrected chi connectivity index (χ3v) is 5.19. The van der Waals surface area contributed by atoms with E-state index in [2.05, 4.69) is 5.32 Å². The zero-order valence-corrected chi connectivity index (χ0v) is 17.6. The zero-order valence-electron chi connectivity index (χ0n) is 15.3. The number of hydrogen-bond acceptors (Lipinski definition) is 5. The van der Waals surface area contributed by atoms with Crippen molar-refractivity contribution >= 4 is 52.7 Å². The van der Waals surface area contributed by atoms with Crippen molar-refractivity contribution in [1.82, 2.24) is 10.2 Å². The summed E-state index contributed by atoms with van der Waals surface area (Å²) >= 11 is 17.8. The van der Waals surface area contributed by atoms with Crippen molar-refractivity contribution in [3.05, 3.63) is 57.0 Å². The van der Waals surface area contributed by atoms with Gasteiger partial charge in [-0.1, -0.05) is 46.9 Å². The summed E-state index contributed by atoms with van der Waals surface area (Å²) < 4.78 is 10.2. The van der Waals surface area contributed by atoms with Gasteiger partial charge in [-0.2, -0.15) is 0 Å². The van der Waals surface area contributed by atoms with Crippen molar-refractivity contribution in [2.24, 2.45) is 0 Å². The van der Waals surface area contributed by atoms with Gasteiger partial charge in [-0.05, 0) is 36.8 Å². The van der Waals surface area contributed by atoms with E-state index in [1.165, 1.54) is 19.2 Å². The Morgan fingerprint density at radius 3 is 2.24 bits per heavy atom. The molecule has 29 heavy (non-hydrogen) atoms. The van der Waals surface area contributed by atoms with Crippen LogP contribution in [0.4, 0.5) is 4.79 Å². The van der Waals surface area contributed by atoms with Crippen LogP contribution in [0.1, 0.15) is 12.5 Å². The number of esters is 1. The summed E-state index contributed by atoms with van der Waals surface area (Å²) in [4.78, 5) is 38.3. The van der Waals surface area contributed by atoms with Crippen molar-refractivity contribution < 1.29 is 23.9 Å². The topological polar surface area (TPSA) is 84.9 Å². The quantitative estimate of drug-likeness (QED) is 0.416. The first-order chi connectivity index (χ1) is 13.7. The van der Waals surface area contributed by atoms with E-state index in [0.717, 1.165) is 4.90 Å². The standard InChI is InChI=1S/C19H15Cl3N2O5/c1-19(10-3-5-12(28-2)6-4-10)17(26)24(18(27)23-19)9-15(25)29-16-13(21)7-11(20)8-14(16)22/h3-8H,9H2,1-2H3,(H,23,27). The van der Waals surface area contributed by atoms with E-state index in [1.807, 2.05) is 0 Å². The van der Waals surface area contributed by atoms with E-state index in [9.17, 15) is 14.4 Å². The lowest BCUT2D eigenvalue weighted by molar-refractivity contribution is -0.140. The molecular formula is C19H15Cl3N2O5. The molecule has 10 heteroatoms. The Hall–Kier alpha value is -2.48. The van der Waals surface area contributed by atoms with Crippen LogP contribution in [0, 0.1) is 0 Å². The molecule has 0 spiro atoms. The summed E-state index contributed by atoms with van der Waals surface area (Å²) in [5.74, 6) is -0.990. The number of carbonyl (C=O) groups excluding carboxylic acids is 3. The van der Waals surface area contributed by atoms with Crippen LogP contribution in [0.15, 0.2) is 36.4 Å². The van der Waals surface area contributed by atoms with E-state index in [-0.39, 0.29) is 20.8 Å². The number of nitrogens with one attached hydrogen (secondary N) is 1. The summed E-state index contributed by atoms with van der Waals surface area (Å²) in [6.07, 6.45) is 0. The van der Waals surface area contributed by atoms with Crippen molar-refractivity contribution in [2.45, 2.75) is 12.5 Å². The van der Waals surface area contributed by atoms with Gasteiger partial charge in [0.15, 0.2) is 5.75 Å². The van der Waals surface area contributed by atoms with Gasteiger partial charge >= 0.3 is 12.0 Å². The average molecular weight is 458 g/mol. The molecule has 2 aromatic rings. The lowest BCUT2D eigenvalue weighted by atomic mass is 9.92. The number of urea groups is 1. The second-order valence-electron chi connectivity index (χ2n) is 6.35. The second kappa shape index (κ2) is 8.10. The number of imide groups is 1. The van der Waals surface area contributed by atoms with Gasteiger partial charge in [0.05, 0.1) is 17.2 Å². The fourth-order valence-electron chi connectivity index (χ4n) is 2.86. The number of benzene rings is 2. The zero-order chi connectivity index (χ0) is 21.3. The molecule has 1 unspecified atom stereocenters. The monoisotopic (exact) mass is 456 g/mol. The smallest absolute Gasteiger partial charge is 0.331 e. The van der Waals surface area contributed by atoms with Crippen LogP contribution >= 0.6 is 34.8 Å². The van der Waals surface area contributed by atoms with Crippen LogP contribution in [-0.2, 0) is 15.1 Å². The number of nitrogens with zero attached hydrogens (tertiary/aromatic N) is 1. The van der Waals surface area contributed by atoms with E-state index < -0.39 is 30.0 Å². The molecule has 152 valence electrons. The predicted molar refractivity (Wildman–Crippen MR) is 108 cm³/mol. The summed E-state index contributed by atoms with van der Waals surface area (Å²) in [5, 5.41) is 2.92. The largest absolute Gasteiger partial charge is 0.497 e. The summed E-state index contributed by atoms with van der Waals surface area (Å²) in [5.41, 5.74) is -0.796. The number of ether oxygens (including phenoxy) is 2. The Labute approximate surface area is 181 Å². The Balaban J connectivity index is 1.77. The van der Waals surface area contributed by atoms with E-state index >= 15 is 0 Å². The minimum absolute atomic E-state index is 0.0242. The number of carbonyl (C=O) groups is 3. The van der Waals surface area contributed by atoms with Crippen LogP contribution in [0.3, 0.4) is 0 Å². The van der Waals surface area contributed by atoms with Crippen LogP contribution in [0.2, 0.25) is 15.1 Å². The Kier molecular flexibility index (Phi) is 5.93. The van der Waals surface area contributed by atoms with Gasteiger partial charge in [-0.25, -0.2) is 9.59 Å². The van der Waals surface area contributed by atoms with Crippen LogP contribution in [0.5, 0.6) is 11.5 Å². The molecule has 0 bridgehead atoms. The van der Waals surface area contributed by atoms with E-state index in [0.29, 0.717) is 11.3 Å². The minimum atomic E-state index is -1.33. The molecule has 3 amide bonds. The van der Waals surface area contributed by atoms with Gasteiger partial charge < -0.3 is 14.8 Å². The number of amides is 3. The van der Waals surface area contributed by atoms with Gasteiger partial charge in [-0.15, -0.1) is 0 Å². The highest BCUT2D eigenvalue weighted by molar-refractivity contribution is 6.40. The normalized spacial score (nSPS) is 18.6. The molecule has 7 nitrogen and oxygen atoms in total. The average Bonchev–Trinajstić information content (AvgIpc) is 2.88. The van der Waals surface area contributed by atoms with Crippen LogP contribution < -0.4 is 14.8 Å². The Bertz CT molecular complexity index is 973. The molecule has 1 aliphatic rings. The molecular weight excluding hydrogens is 443 g/mol. The molecule has 1 saturated heterocycles. The third-order valence-electron chi connectivity index (χ3n) is 4.41. The maximum Gasteiger partial charge on any atom is 0.331 e. The van der Waals surface area contributed by atoms with Crippen LogP contribution in [-0.4, -0.2) is 36.5 Å². The maximum atomic E-state index is 12.9. The molecule has 1 aliphatic heterocycles.